The maximum absolute atomic E-state index is 12.2. The number of amides is 1. The Morgan fingerprint density at radius 1 is 1.15 bits per heavy atom. The molecule has 0 unspecified atom stereocenters. The second kappa shape index (κ2) is 7.51. The van der Waals surface area contributed by atoms with E-state index in [4.69, 9.17) is 9.47 Å². The van der Waals surface area contributed by atoms with Crippen molar-refractivity contribution in [1.29, 1.82) is 0 Å². The number of anilines is 1. The number of carbonyl (C=O) groups excluding carboxylic acids is 1. The van der Waals surface area contributed by atoms with Gasteiger partial charge in [0, 0.05) is 23.5 Å². The molecule has 0 bridgehead atoms. The summed E-state index contributed by atoms with van der Waals surface area (Å²) in [4.78, 5) is 17.5. The van der Waals surface area contributed by atoms with Crippen LogP contribution in [0.2, 0.25) is 0 Å². The summed E-state index contributed by atoms with van der Waals surface area (Å²) in [6.45, 7) is 0. The van der Waals surface area contributed by atoms with E-state index in [1.807, 2.05) is 46.4 Å². The van der Waals surface area contributed by atoms with E-state index in [0.717, 1.165) is 10.7 Å². The number of methoxy groups -OCH3 is 1. The molecule has 0 aliphatic rings. The van der Waals surface area contributed by atoms with Crippen LogP contribution in [0, 0.1) is 0 Å². The van der Waals surface area contributed by atoms with E-state index in [0.29, 0.717) is 22.9 Å². The first-order valence-corrected chi connectivity index (χ1v) is 9.21. The fourth-order valence-corrected chi connectivity index (χ4v) is 3.39. The molecule has 1 amide bonds. The number of hydrogen-bond donors (Lipinski definition) is 1. The molecule has 0 aliphatic heterocycles. The molecule has 1 N–H and O–H groups in total. The Kier molecular flexibility index (Phi) is 4.76. The lowest BCUT2D eigenvalue weighted by Crippen LogP contribution is -2.14. The Balaban J connectivity index is 1.38. The number of hydrogen-bond acceptors (Lipinski definition) is 5. The molecule has 4 aromatic rings. The van der Waals surface area contributed by atoms with E-state index in [-0.39, 0.29) is 12.3 Å². The topological polar surface area (TPSA) is 64.9 Å². The number of nitrogens with zero attached hydrogens (tertiary/aromatic N) is 2. The largest absolute Gasteiger partial charge is 0.493 e. The van der Waals surface area contributed by atoms with Crippen molar-refractivity contribution in [2.45, 2.75) is 6.42 Å². The molecule has 7 heteroatoms. The fraction of sp³-hybridized carbons (Fsp3) is 0.100. The van der Waals surface area contributed by atoms with Gasteiger partial charge in [-0.25, -0.2) is 4.98 Å². The van der Waals surface area contributed by atoms with Gasteiger partial charge >= 0.3 is 0 Å². The summed E-state index contributed by atoms with van der Waals surface area (Å²) in [7, 11) is 1.60. The van der Waals surface area contributed by atoms with Crippen molar-refractivity contribution in [3.05, 3.63) is 72.0 Å². The fourth-order valence-electron chi connectivity index (χ4n) is 2.67. The van der Waals surface area contributed by atoms with Crippen LogP contribution in [0.4, 0.5) is 5.69 Å². The lowest BCUT2D eigenvalue weighted by Gasteiger charge is -2.10. The highest BCUT2D eigenvalue weighted by Gasteiger charge is 2.09. The van der Waals surface area contributed by atoms with Crippen LogP contribution in [0.1, 0.15) is 5.69 Å². The van der Waals surface area contributed by atoms with Crippen LogP contribution in [0.25, 0.3) is 4.96 Å². The molecule has 0 saturated carbocycles. The number of aromatic nitrogens is 2. The number of thiazole rings is 1. The normalized spacial score (nSPS) is 10.7. The van der Waals surface area contributed by atoms with Crippen LogP contribution >= 0.6 is 11.3 Å². The monoisotopic (exact) mass is 379 g/mol. The van der Waals surface area contributed by atoms with Crippen molar-refractivity contribution in [2.75, 3.05) is 12.4 Å². The molecule has 2 heterocycles. The number of fused-ring (bicyclic) bond motifs is 1. The van der Waals surface area contributed by atoms with E-state index < -0.39 is 0 Å². The van der Waals surface area contributed by atoms with Crippen LogP contribution in [-0.2, 0) is 11.2 Å². The minimum absolute atomic E-state index is 0.112. The smallest absolute Gasteiger partial charge is 0.230 e. The average Bonchev–Trinajstić information content (AvgIpc) is 3.25. The molecule has 4 rings (SSSR count). The number of ether oxygens (including phenoxy) is 2. The number of benzene rings is 2. The van der Waals surface area contributed by atoms with Crippen LogP contribution in [0.3, 0.4) is 0 Å². The van der Waals surface area contributed by atoms with Crippen molar-refractivity contribution in [1.82, 2.24) is 9.38 Å². The Morgan fingerprint density at radius 2 is 1.93 bits per heavy atom. The van der Waals surface area contributed by atoms with E-state index in [2.05, 4.69) is 10.3 Å². The van der Waals surface area contributed by atoms with Gasteiger partial charge in [0.25, 0.3) is 0 Å². The van der Waals surface area contributed by atoms with Crippen molar-refractivity contribution < 1.29 is 14.3 Å². The summed E-state index contributed by atoms with van der Waals surface area (Å²) in [5.41, 5.74) is 1.45. The van der Waals surface area contributed by atoms with Crippen LogP contribution in [0.5, 0.6) is 17.2 Å². The van der Waals surface area contributed by atoms with E-state index in [1.165, 1.54) is 0 Å². The van der Waals surface area contributed by atoms with Gasteiger partial charge in [-0.2, -0.15) is 0 Å². The minimum atomic E-state index is -0.112. The van der Waals surface area contributed by atoms with E-state index >= 15 is 0 Å². The average molecular weight is 379 g/mol. The van der Waals surface area contributed by atoms with Gasteiger partial charge in [0.05, 0.1) is 19.2 Å². The molecule has 27 heavy (non-hydrogen) atoms. The molecule has 2 aromatic carbocycles. The molecule has 0 fully saturated rings. The van der Waals surface area contributed by atoms with E-state index in [1.54, 1.807) is 42.7 Å². The predicted octanol–water partition coefficient (Wildman–Crippen LogP) is 4.38. The third-order valence-corrected chi connectivity index (χ3v) is 4.69. The summed E-state index contributed by atoms with van der Waals surface area (Å²) in [6.07, 6.45) is 4.03. The lowest BCUT2D eigenvalue weighted by molar-refractivity contribution is -0.115. The van der Waals surface area contributed by atoms with Crippen LogP contribution < -0.4 is 14.8 Å². The maximum atomic E-state index is 12.2. The molecule has 0 spiro atoms. The van der Waals surface area contributed by atoms with Gasteiger partial charge < -0.3 is 14.8 Å². The highest BCUT2D eigenvalue weighted by molar-refractivity contribution is 7.15. The number of rotatable bonds is 6. The third-order valence-electron chi connectivity index (χ3n) is 3.92. The number of carbonyl (C=O) groups is 1. The Bertz CT molecular complexity index is 1040. The van der Waals surface area contributed by atoms with Gasteiger partial charge in [-0.15, -0.1) is 11.3 Å². The maximum Gasteiger partial charge on any atom is 0.230 e. The Labute approximate surface area is 160 Å². The summed E-state index contributed by atoms with van der Waals surface area (Å²) < 4.78 is 13.0. The van der Waals surface area contributed by atoms with E-state index in [9.17, 15) is 4.79 Å². The zero-order chi connectivity index (χ0) is 18.6. The van der Waals surface area contributed by atoms with Gasteiger partial charge in [-0.05, 0) is 36.4 Å². The molecule has 2 aromatic heterocycles. The first-order chi connectivity index (χ1) is 13.2. The molecular formula is C20H17N3O3S. The predicted molar refractivity (Wildman–Crippen MR) is 105 cm³/mol. The highest BCUT2D eigenvalue weighted by atomic mass is 32.1. The number of imidazole rings is 1. The van der Waals surface area contributed by atoms with Crippen molar-refractivity contribution in [3.8, 4) is 17.2 Å². The molecule has 0 aliphatic carbocycles. The van der Waals surface area contributed by atoms with Gasteiger partial charge in [0.1, 0.15) is 5.75 Å². The van der Waals surface area contributed by atoms with Gasteiger partial charge in [0.15, 0.2) is 16.5 Å². The SMILES string of the molecule is COc1ccccc1Oc1ccc(NC(=O)Cc2cn3ccsc3n2)cc1. The standard InChI is InChI=1S/C20H17N3O3S/c1-25-17-4-2-3-5-18(17)26-16-8-6-14(7-9-16)21-19(24)12-15-13-23-10-11-27-20(23)22-15/h2-11,13H,12H2,1H3,(H,21,24). The Hall–Kier alpha value is -3.32. The summed E-state index contributed by atoms with van der Waals surface area (Å²) in [5.74, 6) is 1.84. The zero-order valence-electron chi connectivity index (χ0n) is 14.6. The van der Waals surface area contributed by atoms with Crippen LogP contribution in [-0.4, -0.2) is 22.4 Å². The highest BCUT2D eigenvalue weighted by Crippen LogP contribution is 2.31. The third kappa shape index (κ3) is 3.93. The minimum Gasteiger partial charge on any atom is -0.493 e. The van der Waals surface area contributed by atoms with Gasteiger partial charge in [0.2, 0.25) is 5.91 Å². The number of nitrogens with one attached hydrogen (secondary N) is 1. The zero-order valence-corrected chi connectivity index (χ0v) is 15.4. The Morgan fingerprint density at radius 3 is 2.67 bits per heavy atom. The van der Waals surface area contributed by atoms with Crippen molar-refractivity contribution in [2.24, 2.45) is 0 Å². The first kappa shape index (κ1) is 17.1. The van der Waals surface area contributed by atoms with Crippen molar-refractivity contribution >= 4 is 27.9 Å². The molecule has 6 nitrogen and oxygen atoms in total. The molecular weight excluding hydrogens is 362 g/mol. The second-order valence-electron chi connectivity index (χ2n) is 5.83. The first-order valence-electron chi connectivity index (χ1n) is 8.33. The van der Waals surface area contributed by atoms with Crippen molar-refractivity contribution in [3.63, 3.8) is 0 Å². The quantitative estimate of drug-likeness (QED) is 0.540. The molecule has 0 radical (unpaired) electrons. The van der Waals surface area contributed by atoms with Gasteiger partial charge in [-0.3, -0.25) is 9.20 Å². The van der Waals surface area contributed by atoms with Gasteiger partial charge in [-0.1, -0.05) is 12.1 Å². The molecule has 136 valence electrons. The summed E-state index contributed by atoms with van der Waals surface area (Å²) in [5, 5.41) is 4.83. The molecule has 0 atom stereocenters. The molecule has 0 saturated heterocycles. The van der Waals surface area contributed by atoms with Crippen LogP contribution in [0.15, 0.2) is 66.3 Å². The number of para-hydroxylation sites is 2. The lowest BCUT2D eigenvalue weighted by atomic mass is 10.2. The second-order valence-corrected chi connectivity index (χ2v) is 6.70. The summed E-state index contributed by atoms with van der Waals surface area (Å²) >= 11 is 1.54. The summed E-state index contributed by atoms with van der Waals surface area (Å²) in [6, 6.07) is 14.6.